The molecule has 2 fully saturated rings. The third-order valence-electron chi connectivity index (χ3n) is 3.94. The molecule has 1 aliphatic carbocycles. The summed E-state index contributed by atoms with van der Waals surface area (Å²) in [6.45, 7) is 0. The Morgan fingerprint density at radius 1 is 1.00 bits per heavy atom. The average Bonchev–Trinajstić information content (AvgIpc) is 3.13. The lowest BCUT2D eigenvalue weighted by atomic mass is 9.69. The minimum atomic E-state index is -0.235. The Kier molecular flexibility index (Phi) is 2.28. The van der Waals surface area contributed by atoms with Gasteiger partial charge in [-0.25, -0.2) is 0 Å². The van der Waals surface area contributed by atoms with Gasteiger partial charge in [-0.1, -0.05) is 30.3 Å². The van der Waals surface area contributed by atoms with E-state index in [4.69, 9.17) is 0 Å². The van der Waals surface area contributed by atoms with E-state index < -0.39 is 0 Å². The molecule has 1 saturated carbocycles. The highest BCUT2D eigenvalue weighted by atomic mass is 16.2. The smallest absolute Gasteiger partial charge is 0.227 e. The normalized spacial score (nSPS) is 23.3. The largest absolute Gasteiger partial charge is 0.296 e. The number of carbonyl (C=O) groups is 2. The van der Waals surface area contributed by atoms with Gasteiger partial charge in [-0.3, -0.25) is 14.9 Å². The molecule has 2 aliphatic rings. The lowest BCUT2D eigenvalue weighted by molar-refractivity contribution is -0.136. The Morgan fingerprint density at radius 3 is 2.12 bits per heavy atom. The van der Waals surface area contributed by atoms with Gasteiger partial charge in [-0.05, 0) is 24.3 Å². The van der Waals surface area contributed by atoms with Gasteiger partial charge in [-0.15, -0.1) is 0 Å². The molecule has 1 saturated heterocycles. The van der Waals surface area contributed by atoms with Crippen LogP contribution in [0.5, 0.6) is 0 Å². The van der Waals surface area contributed by atoms with E-state index in [1.54, 1.807) is 0 Å². The summed E-state index contributed by atoms with van der Waals surface area (Å²) in [6.07, 6.45) is 3.17. The number of rotatable bonds is 2. The average molecular weight is 229 g/mol. The molecule has 0 bridgehead atoms. The van der Waals surface area contributed by atoms with E-state index in [9.17, 15) is 9.59 Å². The molecule has 3 heteroatoms. The molecule has 2 amide bonds. The molecule has 1 aromatic rings. The van der Waals surface area contributed by atoms with E-state index in [1.807, 2.05) is 30.3 Å². The molecule has 3 rings (SSSR count). The second kappa shape index (κ2) is 3.69. The fourth-order valence-corrected chi connectivity index (χ4v) is 3.01. The second-order valence-corrected chi connectivity index (χ2v) is 5.12. The molecule has 1 N–H and O–H groups in total. The fraction of sp³-hybridized carbons (Fsp3) is 0.429. The summed E-state index contributed by atoms with van der Waals surface area (Å²) in [5, 5.41) is 2.41. The molecule has 17 heavy (non-hydrogen) atoms. The first-order valence-electron chi connectivity index (χ1n) is 6.09. The number of piperidine rings is 1. The number of imide groups is 1. The number of hydrogen-bond donors (Lipinski definition) is 1. The van der Waals surface area contributed by atoms with Crippen molar-refractivity contribution in [3.05, 3.63) is 35.9 Å². The van der Waals surface area contributed by atoms with Crippen molar-refractivity contribution in [2.24, 2.45) is 5.92 Å². The zero-order valence-corrected chi connectivity index (χ0v) is 9.61. The highest BCUT2D eigenvalue weighted by Crippen LogP contribution is 2.52. The quantitative estimate of drug-likeness (QED) is 0.786. The Bertz CT molecular complexity index is 446. The first-order valence-corrected chi connectivity index (χ1v) is 6.09. The van der Waals surface area contributed by atoms with Gasteiger partial charge in [0.05, 0.1) is 0 Å². The van der Waals surface area contributed by atoms with Crippen LogP contribution in [-0.4, -0.2) is 11.8 Å². The molecule has 0 atom stereocenters. The lowest BCUT2D eigenvalue weighted by Crippen LogP contribution is -2.48. The number of amides is 2. The summed E-state index contributed by atoms with van der Waals surface area (Å²) in [4.78, 5) is 23.3. The number of carbonyl (C=O) groups excluding carboxylic acids is 2. The van der Waals surface area contributed by atoms with Crippen LogP contribution in [0.2, 0.25) is 0 Å². The minimum Gasteiger partial charge on any atom is -0.296 e. The predicted molar refractivity (Wildman–Crippen MR) is 63.2 cm³/mol. The fourth-order valence-electron chi connectivity index (χ4n) is 3.01. The molecule has 3 nitrogen and oxygen atoms in total. The van der Waals surface area contributed by atoms with E-state index in [1.165, 1.54) is 0 Å². The summed E-state index contributed by atoms with van der Waals surface area (Å²) in [6, 6.07) is 10.0. The maximum atomic E-state index is 11.7. The minimum absolute atomic E-state index is 0.128. The number of nitrogens with one attached hydrogen (secondary N) is 1. The van der Waals surface area contributed by atoms with Crippen molar-refractivity contribution in [1.29, 1.82) is 0 Å². The molecule has 0 spiro atoms. The third-order valence-corrected chi connectivity index (χ3v) is 3.94. The maximum absolute atomic E-state index is 11.7. The number of benzene rings is 1. The van der Waals surface area contributed by atoms with Crippen molar-refractivity contribution in [1.82, 2.24) is 5.32 Å². The Hall–Kier alpha value is -1.64. The van der Waals surface area contributed by atoms with Crippen LogP contribution >= 0.6 is 0 Å². The van der Waals surface area contributed by atoms with Crippen LogP contribution in [0.4, 0.5) is 0 Å². The SMILES string of the molecule is O=C1CC(c2ccccc2)(C2CC2)CC(=O)N1. The summed E-state index contributed by atoms with van der Waals surface area (Å²) < 4.78 is 0. The number of hydrogen-bond acceptors (Lipinski definition) is 2. The highest BCUT2D eigenvalue weighted by molar-refractivity contribution is 5.99. The van der Waals surface area contributed by atoms with Crippen LogP contribution in [0.3, 0.4) is 0 Å². The van der Waals surface area contributed by atoms with Crippen molar-refractivity contribution in [2.75, 3.05) is 0 Å². The molecule has 1 aliphatic heterocycles. The van der Waals surface area contributed by atoms with E-state index in [-0.39, 0.29) is 17.2 Å². The standard InChI is InChI=1S/C14H15NO2/c16-12-8-14(11-6-7-11,9-13(17)15-12)10-4-2-1-3-5-10/h1-5,11H,6-9H2,(H,15,16,17). The van der Waals surface area contributed by atoms with E-state index in [0.29, 0.717) is 18.8 Å². The zero-order chi connectivity index (χ0) is 11.9. The Balaban J connectivity index is 2.03. The molecular formula is C14H15NO2. The summed E-state index contributed by atoms with van der Waals surface area (Å²) in [5.74, 6) is 0.244. The van der Waals surface area contributed by atoms with Crippen LogP contribution in [0.1, 0.15) is 31.2 Å². The van der Waals surface area contributed by atoms with Gasteiger partial charge in [0, 0.05) is 18.3 Å². The lowest BCUT2D eigenvalue weighted by Gasteiger charge is -2.36. The maximum Gasteiger partial charge on any atom is 0.227 e. The third kappa shape index (κ3) is 1.75. The van der Waals surface area contributed by atoms with Gasteiger partial charge >= 0.3 is 0 Å². The van der Waals surface area contributed by atoms with E-state index >= 15 is 0 Å². The van der Waals surface area contributed by atoms with Crippen LogP contribution in [0.25, 0.3) is 0 Å². The molecule has 1 aromatic carbocycles. The van der Waals surface area contributed by atoms with Gasteiger partial charge in [0.1, 0.15) is 0 Å². The molecule has 88 valence electrons. The van der Waals surface area contributed by atoms with Crippen molar-refractivity contribution >= 4 is 11.8 Å². The monoisotopic (exact) mass is 229 g/mol. The summed E-state index contributed by atoms with van der Waals surface area (Å²) in [5.41, 5.74) is 0.909. The van der Waals surface area contributed by atoms with Crippen LogP contribution in [0.15, 0.2) is 30.3 Å². The van der Waals surface area contributed by atoms with Gasteiger partial charge in [0.2, 0.25) is 11.8 Å². The van der Waals surface area contributed by atoms with Crippen molar-refractivity contribution in [3.8, 4) is 0 Å². The van der Waals surface area contributed by atoms with Gasteiger partial charge in [-0.2, -0.15) is 0 Å². The van der Waals surface area contributed by atoms with Gasteiger partial charge in [0.15, 0.2) is 0 Å². The van der Waals surface area contributed by atoms with Crippen LogP contribution in [0, 0.1) is 5.92 Å². The highest BCUT2D eigenvalue weighted by Gasteiger charge is 2.50. The zero-order valence-electron chi connectivity index (χ0n) is 9.61. The Labute approximate surface area is 100 Å². The van der Waals surface area contributed by atoms with Crippen LogP contribution < -0.4 is 5.32 Å². The first kappa shape index (κ1) is 10.5. The molecule has 0 aromatic heterocycles. The topological polar surface area (TPSA) is 46.2 Å². The van der Waals surface area contributed by atoms with E-state index in [0.717, 1.165) is 18.4 Å². The molecular weight excluding hydrogens is 214 g/mol. The van der Waals surface area contributed by atoms with Crippen molar-refractivity contribution in [2.45, 2.75) is 31.1 Å². The second-order valence-electron chi connectivity index (χ2n) is 5.12. The molecule has 1 heterocycles. The van der Waals surface area contributed by atoms with Crippen LogP contribution in [-0.2, 0) is 15.0 Å². The van der Waals surface area contributed by atoms with Crippen molar-refractivity contribution in [3.63, 3.8) is 0 Å². The van der Waals surface area contributed by atoms with Crippen molar-refractivity contribution < 1.29 is 9.59 Å². The molecule has 0 radical (unpaired) electrons. The first-order chi connectivity index (χ1) is 8.21. The van der Waals surface area contributed by atoms with E-state index in [2.05, 4.69) is 5.32 Å². The summed E-state index contributed by atoms with van der Waals surface area (Å²) >= 11 is 0. The van der Waals surface area contributed by atoms with Gasteiger partial charge < -0.3 is 0 Å². The molecule has 0 unspecified atom stereocenters. The Morgan fingerprint density at radius 2 is 1.59 bits per heavy atom. The van der Waals surface area contributed by atoms with Gasteiger partial charge in [0.25, 0.3) is 0 Å². The predicted octanol–water partition coefficient (Wildman–Crippen LogP) is 1.77. The summed E-state index contributed by atoms with van der Waals surface area (Å²) in [7, 11) is 0.